The molecule has 28 heavy (non-hydrogen) atoms. The number of imide groups is 1. The molecule has 0 saturated carbocycles. The Morgan fingerprint density at radius 2 is 1.75 bits per heavy atom. The molecular weight excluding hydrogens is 360 g/mol. The number of benzene rings is 1. The highest BCUT2D eigenvalue weighted by atomic mass is 16.2. The summed E-state index contributed by atoms with van der Waals surface area (Å²) in [5.41, 5.74) is 12.5. The zero-order valence-corrected chi connectivity index (χ0v) is 15.5. The Hall–Kier alpha value is -3.49. The summed E-state index contributed by atoms with van der Waals surface area (Å²) in [6, 6.07) is 7.29. The second kappa shape index (κ2) is 10.6. The molecule has 1 aromatic rings. The van der Waals surface area contributed by atoms with Crippen LogP contribution in [0.15, 0.2) is 46.6 Å². The second-order valence-corrected chi connectivity index (χ2v) is 6.20. The van der Waals surface area contributed by atoms with Gasteiger partial charge in [0, 0.05) is 37.2 Å². The lowest BCUT2D eigenvalue weighted by Crippen LogP contribution is -2.30. The van der Waals surface area contributed by atoms with E-state index in [-0.39, 0.29) is 23.6 Å². The molecule has 1 aliphatic rings. The Labute approximate surface area is 163 Å². The zero-order chi connectivity index (χ0) is 20.4. The van der Waals surface area contributed by atoms with E-state index in [0.717, 1.165) is 18.3 Å². The van der Waals surface area contributed by atoms with Crippen molar-refractivity contribution in [1.29, 1.82) is 0 Å². The quantitative estimate of drug-likeness (QED) is 0.176. The Bertz CT molecular complexity index is 780. The largest absolute Gasteiger partial charge is 0.388 e. The van der Waals surface area contributed by atoms with Gasteiger partial charge >= 0.3 is 0 Å². The van der Waals surface area contributed by atoms with Gasteiger partial charge in [-0.05, 0) is 18.4 Å². The topological polar surface area (TPSA) is 143 Å². The first-order chi connectivity index (χ1) is 13.5. The van der Waals surface area contributed by atoms with Crippen molar-refractivity contribution in [2.75, 3.05) is 6.54 Å². The number of rotatable bonds is 10. The minimum atomic E-state index is -0.270. The van der Waals surface area contributed by atoms with Gasteiger partial charge in [-0.15, -0.1) is 10.2 Å². The number of nitrogens with two attached hydrogens (primary N) is 2. The van der Waals surface area contributed by atoms with E-state index in [4.69, 9.17) is 11.5 Å². The molecule has 9 heteroatoms. The van der Waals surface area contributed by atoms with E-state index in [2.05, 4.69) is 15.5 Å². The van der Waals surface area contributed by atoms with Crippen molar-refractivity contribution in [2.24, 2.45) is 21.7 Å². The molecule has 0 atom stereocenters. The van der Waals surface area contributed by atoms with E-state index in [1.165, 1.54) is 17.1 Å². The Balaban J connectivity index is 1.63. The van der Waals surface area contributed by atoms with Crippen LogP contribution in [-0.2, 0) is 20.9 Å². The number of carbonyl (C=O) groups excluding carboxylic acids is 3. The van der Waals surface area contributed by atoms with E-state index < -0.39 is 0 Å². The van der Waals surface area contributed by atoms with Crippen molar-refractivity contribution >= 4 is 29.9 Å². The number of carbonyl (C=O) groups is 3. The summed E-state index contributed by atoms with van der Waals surface area (Å²) >= 11 is 0. The van der Waals surface area contributed by atoms with Crippen LogP contribution in [-0.4, -0.2) is 41.3 Å². The van der Waals surface area contributed by atoms with E-state index in [1.54, 1.807) is 12.1 Å². The number of hydrogen-bond donors (Lipinski definition) is 3. The molecule has 2 rings (SSSR count). The van der Waals surface area contributed by atoms with Crippen LogP contribution in [0.25, 0.3) is 0 Å². The highest BCUT2D eigenvalue weighted by Crippen LogP contribution is 2.08. The van der Waals surface area contributed by atoms with Crippen LogP contribution in [0.4, 0.5) is 0 Å². The maximum Gasteiger partial charge on any atom is 0.253 e. The van der Waals surface area contributed by atoms with Gasteiger partial charge in [0.2, 0.25) is 5.91 Å². The standard InChI is InChI=1S/C19H24N6O3/c20-13-23-24-19(21)15-7-5-14(6-8-15)12-22-16(26)4-2-1-3-11-25-17(27)9-10-18(25)28/h5-10,13H,1-4,11-12H2,(H2,20,23)(H2,21,24)(H,22,26). The first kappa shape index (κ1) is 20.8. The first-order valence-electron chi connectivity index (χ1n) is 8.97. The number of unbranched alkanes of at least 4 members (excludes halogenated alkanes) is 2. The van der Waals surface area contributed by atoms with E-state index in [1.807, 2.05) is 12.1 Å². The summed E-state index contributed by atoms with van der Waals surface area (Å²) < 4.78 is 0. The van der Waals surface area contributed by atoms with Gasteiger partial charge in [-0.3, -0.25) is 19.3 Å². The third-order valence-electron chi connectivity index (χ3n) is 4.16. The van der Waals surface area contributed by atoms with Gasteiger partial charge in [0.05, 0.1) is 0 Å². The van der Waals surface area contributed by atoms with Gasteiger partial charge in [-0.1, -0.05) is 30.7 Å². The molecule has 0 saturated heterocycles. The highest BCUT2D eigenvalue weighted by Gasteiger charge is 2.22. The van der Waals surface area contributed by atoms with Gasteiger partial charge in [0.15, 0.2) is 5.84 Å². The third kappa shape index (κ3) is 6.35. The molecule has 148 valence electrons. The molecule has 0 fully saturated rings. The molecule has 0 spiro atoms. The van der Waals surface area contributed by atoms with Gasteiger partial charge in [-0.25, -0.2) is 0 Å². The zero-order valence-electron chi connectivity index (χ0n) is 15.5. The summed E-state index contributed by atoms with van der Waals surface area (Å²) in [4.78, 5) is 36.0. The molecule has 0 aromatic heterocycles. The summed E-state index contributed by atoms with van der Waals surface area (Å²) in [7, 11) is 0. The van der Waals surface area contributed by atoms with Crippen molar-refractivity contribution < 1.29 is 14.4 Å². The van der Waals surface area contributed by atoms with Crippen molar-refractivity contribution in [3.05, 3.63) is 47.5 Å². The lowest BCUT2D eigenvalue weighted by atomic mass is 10.1. The van der Waals surface area contributed by atoms with Gasteiger partial charge in [0.25, 0.3) is 11.8 Å². The highest BCUT2D eigenvalue weighted by molar-refractivity contribution is 6.12. The molecule has 0 bridgehead atoms. The van der Waals surface area contributed by atoms with E-state index in [9.17, 15) is 14.4 Å². The molecule has 0 aliphatic carbocycles. The fourth-order valence-electron chi connectivity index (χ4n) is 2.62. The van der Waals surface area contributed by atoms with Crippen molar-refractivity contribution in [3.63, 3.8) is 0 Å². The van der Waals surface area contributed by atoms with Crippen LogP contribution < -0.4 is 16.8 Å². The maximum absolute atomic E-state index is 11.9. The molecule has 0 radical (unpaired) electrons. The van der Waals surface area contributed by atoms with Crippen molar-refractivity contribution in [1.82, 2.24) is 10.2 Å². The summed E-state index contributed by atoms with van der Waals surface area (Å²) in [6.45, 7) is 0.807. The Morgan fingerprint density at radius 1 is 1.07 bits per heavy atom. The number of nitrogens with one attached hydrogen (secondary N) is 1. The SMILES string of the molecule is N/C=N\N=C(/N)c1ccc(CNC(=O)CCCCCN2C(=O)C=CC2=O)cc1. The monoisotopic (exact) mass is 384 g/mol. The molecular formula is C19H24N6O3. The predicted molar refractivity (Wildman–Crippen MR) is 106 cm³/mol. The molecule has 3 amide bonds. The van der Waals surface area contributed by atoms with E-state index >= 15 is 0 Å². The first-order valence-corrected chi connectivity index (χ1v) is 8.97. The number of nitrogens with zero attached hydrogens (tertiary/aromatic N) is 3. The second-order valence-electron chi connectivity index (χ2n) is 6.20. The molecule has 1 heterocycles. The molecule has 9 nitrogen and oxygen atoms in total. The fourth-order valence-corrected chi connectivity index (χ4v) is 2.62. The van der Waals surface area contributed by atoms with Gasteiger partial charge in [0.1, 0.15) is 6.34 Å². The van der Waals surface area contributed by atoms with Crippen LogP contribution in [0.2, 0.25) is 0 Å². The summed E-state index contributed by atoms with van der Waals surface area (Å²) in [6.07, 6.45) is 6.15. The van der Waals surface area contributed by atoms with Gasteiger partial charge < -0.3 is 16.8 Å². The predicted octanol–water partition coefficient (Wildman–Crippen LogP) is 0.395. The molecule has 1 aliphatic heterocycles. The van der Waals surface area contributed by atoms with Crippen LogP contribution in [0.1, 0.15) is 36.8 Å². The van der Waals surface area contributed by atoms with E-state index in [0.29, 0.717) is 37.9 Å². The maximum atomic E-state index is 11.9. The lowest BCUT2D eigenvalue weighted by molar-refractivity contribution is -0.136. The molecule has 5 N–H and O–H groups in total. The van der Waals surface area contributed by atoms with Crippen molar-refractivity contribution in [3.8, 4) is 0 Å². The van der Waals surface area contributed by atoms with Crippen LogP contribution in [0.5, 0.6) is 0 Å². The average Bonchev–Trinajstić information content (AvgIpc) is 3.02. The third-order valence-corrected chi connectivity index (χ3v) is 4.16. The van der Waals surface area contributed by atoms with Crippen LogP contribution in [0.3, 0.4) is 0 Å². The molecule has 1 aromatic carbocycles. The number of amides is 3. The van der Waals surface area contributed by atoms with Gasteiger partial charge in [-0.2, -0.15) is 0 Å². The number of hydrogen-bond acceptors (Lipinski definition) is 5. The summed E-state index contributed by atoms with van der Waals surface area (Å²) in [5.74, 6) is -0.328. The fraction of sp³-hybridized carbons (Fsp3) is 0.316. The minimum absolute atomic E-state index is 0.0440. The normalized spacial score (nSPS) is 14.3. The van der Waals surface area contributed by atoms with Crippen LogP contribution >= 0.6 is 0 Å². The Morgan fingerprint density at radius 3 is 2.39 bits per heavy atom. The lowest BCUT2D eigenvalue weighted by Gasteiger charge is -2.13. The number of amidine groups is 1. The van der Waals surface area contributed by atoms with Crippen molar-refractivity contribution in [2.45, 2.75) is 32.2 Å². The Kier molecular flexibility index (Phi) is 7.89. The average molecular weight is 384 g/mol. The smallest absolute Gasteiger partial charge is 0.253 e. The van der Waals surface area contributed by atoms with Crippen LogP contribution in [0, 0.1) is 0 Å². The minimum Gasteiger partial charge on any atom is -0.388 e. The summed E-state index contributed by atoms with van der Waals surface area (Å²) in [5, 5.41) is 10.1. The molecule has 0 unspecified atom stereocenters.